The molecule has 0 saturated heterocycles. The summed E-state index contributed by atoms with van der Waals surface area (Å²) in [6.45, 7) is 1.97. The number of aromatic amines is 2. The van der Waals surface area contributed by atoms with Gasteiger partial charge in [0.15, 0.2) is 5.78 Å². The Balaban J connectivity index is 1.66. The number of pyridine rings is 1. The van der Waals surface area contributed by atoms with Gasteiger partial charge < -0.3 is 9.97 Å². The number of aryl methyl sites for hydroxylation is 1. The average Bonchev–Trinajstić information content (AvgIpc) is 3.20. The van der Waals surface area contributed by atoms with Gasteiger partial charge in [0.05, 0.1) is 16.6 Å². The van der Waals surface area contributed by atoms with Crippen molar-refractivity contribution < 1.29 is 4.79 Å². The normalized spacial score (nSPS) is 11.5. The van der Waals surface area contributed by atoms with Crippen LogP contribution in [0.25, 0.3) is 39.1 Å². The molecule has 2 heterocycles. The molecule has 5 rings (SSSR count). The number of hydrogen-bond donors (Lipinski definition) is 2. The van der Waals surface area contributed by atoms with Gasteiger partial charge in [-0.05, 0) is 48.4 Å². The summed E-state index contributed by atoms with van der Waals surface area (Å²) >= 11 is 0. The van der Waals surface area contributed by atoms with Gasteiger partial charge in [-0.1, -0.05) is 54.6 Å². The van der Waals surface area contributed by atoms with Crippen LogP contribution in [0.4, 0.5) is 0 Å². The van der Waals surface area contributed by atoms with E-state index in [1.165, 1.54) is 6.08 Å². The Labute approximate surface area is 178 Å². The fourth-order valence-corrected chi connectivity index (χ4v) is 3.84. The second-order valence-electron chi connectivity index (χ2n) is 7.46. The number of allylic oxidation sites excluding steroid dienone is 1. The zero-order valence-electron chi connectivity index (χ0n) is 16.8. The highest BCUT2D eigenvalue weighted by molar-refractivity contribution is 6.15. The molecule has 0 saturated carbocycles. The fourth-order valence-electron chi connectivity index (χ4n) is 3.84. The summed E-state index contributed by atoms with van der Waals surface area (Å²) in [6.07, 6.45) is 3.00. The summed E-state index contributed by atoms with van der Waals surface area (Å²) in [5.74, 6) is 0.187. The molecule has 5 nitrogen and oxygen atoms in total. The third-order valence-corrected chi connectivity index (χ3v) is 5.28. The average molecular weight is 405 g/mol. The Kier molecular flexibility index (Phi) is 4.56. The Bertz CT molecular complexity index is 1490. The van der Waals surface area contributed by atoms with Crippen molar-refractivity contribution in [3.8, 4) is 11.1 Å². The van der Waals surface area contributed by atoms with Gasteiger partial charge in [-0.3, -0.25) is 9.59 Å². The van der Waals surface area contributed by atoms with Gasteiger partial charge >= 0.3 is 0 Å². The molecule has 0 radical (unpaired) electrons. The number of para-hydroxylation sites is 2. The molecule has 5 aromatic rings. The monoisotopic (exact) mass is 405 g/mol. The summed E-state index contributed by atoms with van der Waals surface area (Å²) < 4.78 is 0. The molecule has 0 unspecified atom stereocenters. The number of nitrogens with one attached hydrogen (secondary N) is 2. The number of fused-ring (bicyclic) bond motifs is 2. The first-order valence-corrected chi connectivity index (χ1v) is 9.99. The summed E-state index contributed by atoms with van der Waals surface area (Å²) in [5, 5.41) is 0.830. The number of benzene rings is 3. The number of H-pyrrole nitrogens is 2. The van der Waals surface area contributed by atoms with Gasteiger partial charge in [0.1, 0.15) is 5.82 Å². The first kappa shape index (κ1) is 18.8. The van der Waals surface area contributed by atoms with Gasteiger partial charge in [-0.15, -0.1) is 0 Å². The number of aromatic nitrogens is 3. The summed E-state index contributed by atoms with van der Waals surface area (Å²) in [5.41, 5.74) is 4.62. The third-order valence-electron chi connectivity index (χ3n) is 5.28. The molecule has 31 heavy (non-hydrogen) atoms. The van der Waals surface area contributed by atoms with Crippen LogP contribution in [0.3, 0.4) is 0 Å². The van der Waals surface area contributed by atoms with E-state index in [0.29, 0.717) is 16.9 Å². The quantitative estimate of drug-likeness (QED) is 0.316. The van der Waals surface area contributed by atoms with Gasteiger partial charge in [-0.2, -0.15) is 0 Å². The smallest absolute Gasteiger partial charge is 0.260 e. The molecule has 0 amide bonds. The van der Waals surface area contributed by atoms with E-state index in [4.69, 9.17) is 0 Å². The van der Waals surface area contributed by atoms with Crippen LogP contribution in [-0.4, -0.2) is 20.7 Å². The molecular formula is C26H19N3O2. The molecule has 2 aromatic heterocycles. The number of carbonyl (C=O) groups is 1. The van der Waals surface area contributed by atoms with Crippen LogP contribution in [0.15, 0.2) is 83.7 Å². The van der Waals surface area contributed by atoms with Crippen LogP contribution < -0.4 is 5.56 Å². The van der Waals surface area contributed by atoms with Crippen LogP contribution in [0.2, 0.25) is 0 Å². The van der Waals surface area contributed by atoms with Gasteiger partial charge in [0, 0.05) is 16.5 Å². The molecule has 0 atom stereocenters. The number of imidazole rings is 1. The predicted octanol–water partition coefficient (Wildman–Crippen LogP) is 5.28. The summed E-state index contributed by atoms with van der Waals surface area (Å²) in [7, 11) is 0. The highest BCUT2D eigenvalue weighted by atomic mass is 16.1. The van der Waals surface area contributed by atoms with E-state index < -0.39 is 5.56 Å². The highest BCUT2D eigenvalue weighted by Crippen LogP contribution is 2.30. The van der Waals surface area contributed by atoms with E-state index in [9.17, 15) is 9.59 Å². The van der Waals surface area contributed by atoms with E-state index in [-0.39, 0.29) is 11.3 Å². The first-order valence-electron chi connectivity index (χ1n) is 9.99. The number of ketones is 1. The second kappa shape index (κ2) is 7.54. The van der Waals surface area contributed by atoms with Crippen molar-refractivity contribution in [2.24, 2.45) is 0 Å². The van der Waals surface area contributed by atoms with E-state index in [2.05, 4.69) is 15.0 Å². The standard InChI is InChI=1S/C26H19N3O2/c1-16-11-12-18-21(15-16)29-26(31)25(24(18)17-7-3-2-4-8-17)22(30)13-14-23-27-19-9-5-6-10-20(19)28-23/h2-15H,1H3,(H,27,28)(H,29,31). The van der Waals surface area contributed by atoms with E-state index in [1.54, 1.807) is 6.08 Å². The number of carbonyl (C=O) groups excluding carboxylic acids is 1. The Hall–Kier alpha value is -4.25. The van der Waals surface area contributed by atoms with Crippen molar-refractivity contribution in [2.75, 3.05) is 0 Å². The molecular weight excluding hydrogens is 386 g/mol. The number of rotatable bonds is 4. The minimum absolute atomic E-state index is 0.120. The van der Waals surface area contributed by atoms with Gasteiger partial charge in [0.25, 0.3) is 5.56 Å². The maximum atomic E-state index is 13.2. The third kappa shape index (κ3) is 3.46. The lowest BCUT2D eigenvalue weighted by atomic mass is 9.93. The van der Waals surface area contributed by atoms with Crippen LogP contribution in [0, 0.1) is 6.92 Å². The minimum Gasteiger partial charge on any atom is -0.338 e. The Morgan fingerprint density at radius 3 is 2.48 bits per heavy atom. The molecule has 5 heteroatoms. The Morgan fingerprint density at radius 1 is 0.903 bits per heavy atom. The van der Waals surface area contributed by atoms with Crippen LogP contribution >= 0.6 is 0 Å². The zero-order valence-corrected chi connectivity index (χ0v) is 16.8. The summed E-state index contributed by atoms with van der Waals surface area (Å²) in [6, 6.07) is 23.0. The van der Waals surface area contributed by atoms with Crippen LogP contribution in [0.5, 0.6) is 0 Å². The maximum Gasteiger partial charge on any atom is 0.260 e. The molecule has 0 aliphatic rings. The largest absolute Gasteiger partial charge is 0.338 e. The number of hydrogen-bond acceptors (Lipinski definition) is 3. The van der Waals surface area contributed by atoms with Crippen molar-refractivity contribution in [2.45, 2.75) is 6.92 Å². The van der Waals surface area contributed by atoms with Crippen molar-refractivity contribution in [3.63, 3.8) is 0 Å². The second-order valence-corrected chi connectivity index (χ2v) is 7.46. The molecule has 2 N–H and O–H groups in total. The molecule has 0 bridgehead atoms. The van der Waals surface area contributed by atoms with E-state index >= 15 is 0 Å². The van der Waals surface area contributed by atoms with Crippen molar-refractivity contribution in [1.29, 1.82) is 0 Å². The first-order chi connectivity index (χ1) is 15.1. The highest BCUT2D eigenvalue weighted by Gasteiger charge is 2.19. The van der Waals surface area contributed by atoms with Crippen molar-refractivity contribution in [3.05, 3.63) is 106 Å². The van der Waals surface area contributed by atoms with Crippen molar-refractivity contribution in [1.82, 2.24) is 15.0 Å². The van der Waals surface area contributed by atoms with Gasteiger partial charge in [-0.25, -0.2) is 4.98 Å². The maximum absolute atomic E-state index is 13.2. The zero-order chi connectivity index (χ0) is 21.4. The van der Waals surface area contributed by atoms with E-state index in [0.717, 1.165) is 27.5 Å². The molecule has 0 aliphatic heterocycles. The summed E-state index contributed by atoms with van der Waals surface area (Å²) in [4.78, 5) is 36.7. The predicted molar refractivity (Wildman–Crippen MR) is 124 cm³/mol. The lowest BCUT2D eigenvalue weighted by Crippen LogP contribution is -2.18. The molecule has 0 aliphatic carbocycles. The SMILES string of the molecule is Cc1ccc2c(-c3ccccc3)c(C(=O)C=Cc3nc4ccccc4[nH]3)c(=O)[nH]c2c1. The minimum atomic E-state index is -0.406. The fraction of sp³-hybridized carbons (Fsp3) is 0.0385. The van der Waals surface area contributed by atoms with Crippen LogP contribution in [0.1, 0.15) is 21.7 Å². The molecule has 0 fully saturated rings. The van der Waals surface area contributed by atoms with E-state index in [1.807, 2.05) is 79.7 Å². The lowest BCUT2D eigenvalue weighted by Gasteiger charge is -2.12. The molecule has 0 spiro atoms. The van der Waals surface area contributed by atoms with Gasteiger partial charge in [0.2, 0.25) is 0 Å². The molecule has 3 aromatic carbocycles. The topological polar surface area (TPSA) is 78.6 Å². The number of nitrogens with zero attached hydrogens (tertiary/aromatic N) is 1. The van der Waals surface area contributed by atoms with Crippen molar-refractivity contribution >= 4 is 33.8 Å². The van der Waals surface area contributed by atoms with Crippen LogP contribution in [-0.2, 0) is 0 Å². The molecule has 150 valence electrons. The lowest BCUT2D eigenvalue weighted by molar-refractivity contribution is 0.104. The Morgan fingerprint density at radius 2 is 1.68 bits per heavy atom.